The summed E-state index contributed by atoms with van der Waals surface area (Å²) in [7, 11) is 0. The van der Waals surface area contributed by atoms with Gasteiger partial charge in [-0.2, -0.15) is 0 Å². The molecule has 1 aliphatic rings. The molecule has 114 valence electrons. The van der Waals surface area contributed by atoms with E-state index in [-0.39, 0.29) is 24.3 Å². The summed E-state index contributed by atoms with van der Waals surface area (Å²) in [5, 5.41) is 12.7. The number of nitrogens with one attached hydrogen (secondary N) is 1. The molecule has 1 fully saturated rings. The highest BCUT2D eigenvalue weighted by Crippen LogP contribution is 2.50. The Balaban J connectivity index is 1.96. The second-order valence-corrected chi connectivity index (χ2v) is 6.78. The molecule has 4 nitrogen and oxygen atoms in total. The number of halogens is 2. The minimum Gasteiger partial charge on any atom is -0.481 e. The molecule has 2 unspecified atom stereocenters. The molecule has 1 amide bonds. The monoisotopic (exact) mass is 329 g/mol. The highest BCUT2D eigenvalue weighted by molar-refractivity contribution is 6.42. The van der Waals surface area contributed by atoms with Gasteiger partial charge in [-0.3, -0.25) is 9.59 Å². The van der Waals surface area contributed by atoms with E-state index in [0.29, 0.717) is 16.5 Å². The molecule has 0 heterocycles. The van der Waals surface area contributed by atoms with Gasteiger partial charge in [-0.25, -0.2) is 0 Å². The molecular weight excluding hydrogens is 313 g/mol. The van der Waals surface area contributed by atoms with Gasteiger partial charge in [0.1, 0.15) is 0 Å². The number of benzene rings is 1. The molecule has 1 aromatic carbocycles. The van der Waals surface area contributed by atoms with Crippen LogP contribution in [0, 0.1) is 11.3 Å². The minimum absolute atomic E-state index is 0.0594. The van der Waals surface area contributed by atoms with E-state index in [1.165, 1.54) is 0 Å². The fourth-order valence-corrected chi connectivity index (χ4v) is 2.60. The number of hydrogen-bond donors (Lipinski definition) is 2. The van der Waals surface area contributed by atoms with Gasteiger partial charge in [-0.15, -0.1) is 0 Å². The number of carbonyl (C=O) groups excluding carboxylic acids is 1. The topological polar surface area (TPSA) is 66.4 Å². The number of hydrogen-bond acceptors (Lipinski definition) is 2. The summed E-state index contributed by atoms with van der Waals surface area (Å²) >= 11 is 12.1. The summed E-state index contributed by atoms with van der Waals surface area (Å²) < 4.78 is 0. The molecule has 21 heavy (non-hydrogen) atoms. The van der Waals surface area contributed by atoms with Gasteiger partial charge < -0.3 is 10.4 Å². The number of aliphatic carboxylic acids is 1. The van der Waals surface area contributed by atoms with E-state index in [1.807, 2.05) is 12.1 Å². The molecule has 2 N–H and O–H groups in total. The quantitative estimate of drug-likeness (QED) is 0.870. The lowest BCUT2D eigenvalue weighted by molar-refractivity contribution is -0.146. The van der Waals surface area contributed by atoms with Crippen LogP contribution >= 0.6 is 23.2 Å². The fourth-order valence-electron chi connectivity index (χ4n) is 2.15. The number of amides is 1. The van der Waals surface area contributed by atoms with Crippen LogP contribution in [-0.4, -0.2) is 23.5 Å². The van der Waals surface area contributed by atoms with Crippen LogP contribution in [0.4, 0.5) is 0 Å². The Bertz CT molecular complexity index is 586. The third-order valence-corrected chi connectivity index (χ3v) is 4.63. The van der Waals surface area contributed by atoms with Crippen LogP contribution in [0.25, 0.3) is 0 Å². The zero-order chi connectivity index (χ0) is 15.8. The zero-order valence-electron chi connectivity index (χ0n) is 11.8. The lowest BCUT2D eigenvalue weighted by Crippen LogP contribution is -2.39. The Morgan fingerprint density at radius 2 is 2.05 bits per heavy atom. The van der Waals surface area contributed by atoms with Crippen molar-refractivity contribution in [3.05, 3.63) is 33.8 Å². The first-order valence-electron chi connectivity index (χ1n) is 6.69. The zero-order valence-corrected chi connectivity index (χ0v) is 13.3. The summed E-state index contributed by atoms with van der Waals surface area (Å²) in [5.41, 5.74) is -0.102. The summed E-state index contributed by atoms with van der Waals surface area (Å²) in [5.74, 6) is -1.17. The molecule has 0 aliphatic heterocycles. The Morgan fingerprint density at radius 1 is 1.38 bits per heavy atom. The van der Waals surface area contributed by atoms with Crippen molar-refractivity contribution in [1.29, 1.82) is 0 Å². The van der Waals surface area contributed by atoms with Gasteiger partial charge in [-0.1, -0.05) is 35.3 Å². The molecule has 6 heteroatoms. The Hall–Kier alpha value is -1.26. The molecular formula is C15H17Cl2NO3. The Morgan fingerprint density at radius 3 is 2.67 bits per heavy atom. The van der Waals surface area contributed by atoms with Crippen molar-refractivity contribution in [3.8, 4) is 0 Å². The van der Waals surface area contributed by atoms with Crippen molar-refractivity contribution in [1.82, 2.24) is 5.32 Å². The summed E-state index contributed by atoms with van der Waals surface area (Å²) in [4.78, 5) is 23.1. The second kappa shape index (κ2) is 5.85. The third-order valence-electron chi connectivity index (χ3n) is 3.79. The van der Waals surface area contributed by atoms with Crippen molar-refractivity contribution >= 4 is 35.1 Å². The molecule has 2 atom stereocenters. The van der Waals surface area contributed by atoms with Gasteiger partial charge in [-0.05, 0) is 37.8 Å². The number of carboxylic acids is 1. The minimum atomic E-state index is -0.978. The predicted molar refractivity (Wildman–Crippen MR) is 81.7 cm³/mol. The van der Waals surface area contributed by atoms with E-state index in [4.69, 9.17) is 28.3 Å². The first kappa shape index (κ1) is 16.1. The summed E-state index contributed by atoms with van der Waals surface area (Å²) in [6.45, 7) is 3.26. The molecule has 1 saturated carbocycles. The lowest BCUT2D eigenvalue weighted by atomic mass is 9.94. The van der Waals surface area contributed by atoms with Gasteiger partial charge >= 0.3 is 5.97 Å². The van der Waals surface area contributed by atoms with E-state index in [0.717, 1.165) is 5.56 Å². The van der Waals surface area contributed by atoms with Crippen molar-refractivity contribution in [2.24, 2.45) is 11.3 Å². The second-order valence-electron chi connectivity index (χ2n) is 6.00. The van der Waals surface area contributed by atoms with E-state index in [1.54, 1.807) is 19.9 Å². The molecule has 1 aromatic rings. The molecule has 0 spiro atoms. The van der Waals surface area contributed by atoms with Crippen LogP contribution in [0.15, 0.2) is 18.2 Å². The van der Waals surface area contributed by atoms with Crippen LogP contribution in [0.1, 0.15) is 31.7 Å². The van der Waals surface area contributed by atoms with Crippen molar-refractivity contribution in [2.75, 3.05) is 6.54 Å². The number of carbonyl (C=O) groups is 2. The van der Waals surface area contributed by atoms with Crippen LogP contribution in [0.2, 0.25) is 10.0 Å². The molecule has 0 radical (unpaired) electrons. The summed E-state index contributed by atoms with van der Waals surface area (Å²) in [6.07, 6.45) is 0.708. The molecule has 0 bridgehead atoms. The maximum absolute atomic E-state index is 12.1. The van der Waals surface area contributed by atoms with Gasteiger partial charge in [0, 0.05) is 12.5 Å². The van der Waals surface area contributed by atoms with E-state index >= 15 is 0 Å². The smallest absolute Gasteiger partial charge is 0.310 e. The van der Waals surface area contributed by atoms with Crippen molar-refractivity contribution in [2.45, 2.75) is 26.2 Å². The third kappa shape index (κ3) is 3.50. The van der Waals surface area contributed by atoms with Gasteiger partial charge in [0.2, 0.25) is 5.91 Å². The first-order valence-corrected chi connectivity index (χ1v) is 7.44. The van der Waals surface area contributed by atoms with E-state index in [9.17, 15) is 9.59 Å². The molecule has 2 rings (SSSR count). The average Bonchev–Trinajstić information content (AvgIpc) is 3.19. The van der Waals surface area contributed by atoms with Crippen LogP contribution in [0.5, 0.6) is 0 Å². The van der Waals surface area contributed by atoms with Crippen LogP contribution in [-0.2, 0) is 9.59 Å². The van der Waals surface area contributed by atoms with E-state index < -0.39 is 11.4 Å². The van der Waals surface area contributed by atoms with Crippen LogP contribution in [0.3, 0.4) is 0 Å². The molecule has 1 aliphatic carbocycles. The normalized spacial score (nSPS) is 21.0. The van der Waals surface area contributed by atoms with Crippen molar-refractivity contribution in [3.63, 3.8) is 0 Å². The lowest BCUT2D eigenvalue weighted by Gasteiger charge is -2.19. The maximum atomic E-state index is 12.1. The van der Waals surface area contributed by atoms with Gasteiger partial charge in [0.25, 0.3) is 0 Å². The average molecular weight is 330 g/mol. The van der Waals surface area contributed by atoms with Gasteiger partial charge in [0.05, 0.1) is 15.5 Å². The standard InChI is InChI=1S/C15H17Cl2NO3/c1-15(2,14(20)21)7-18-13(19)10-6-9(10)8-4-3-5-11(16)12(8)17/h3-5,9-10H,6-7H2,1-2H3,(H,18,19)(H,20,21). The molecule has 0 aromatic heterocycles. The first-order chi connectivity index (χ1) is 9.74. The summed E-state index contributed by atoms with van der Waals surface area (Å²) in [6, 6.07) is 5.39. The van der Waals surface area contributed by atoms with Gasteiger partial charge in [0.15, 0.2) is 0 Å². The Kier molecular flexibility index (Phi) is 4.49. The highest BCUT2D eigenvalue weighted by Gasteiger charge is 2.45. The SMILES string of the molecule is CC(C)(CNC(=O)C1CC1c1cccc(Cl)c1Cl)C(=O)O. The fraction of sp³-hybridized carbons (Fsp3) is 0.467. The van der Waals surface area contributed by atoms with Crippen molar-refractivity contribution < 1.29 is 14.7 Å². The number of carboxylic acid groups (broad SMARTS) is 1. The predicted octanol–water partition coefficient (Wildman–Crippen LogP) is 3.32. The highest BCUT2D eigenvalue weighted by atomic mass is 35.5. The maximum Gasteiger partial charge on any atom is 0.310 e. The van der Waals surface area contributed by atoms with E-state index in [2.05, 4.69) is 5.32 Å². The largest absolute Gasteiger partial charge is 0.481 e. The van der Waals surface area contributed by atoms with Crippen LogP contribution < -0.4 is 5.32 Å². The molecule has 0 saturated heterocycles. The number of rotatable bonds is 5. The Labute approximate surface area is 133 Å².